The fourth-order valence-electron chi connectivity index (χ4n) is 3.96. The zero-order chi connectivity index (χ0) is 26.1. The van der Waals surface area contributed by atoms with Gasteiger partial charge in [0.15, 0.2) is 0 Å². The topological polar surface area (TPSA) is 206 Å². The minimum absolute atomic E-state index is 0.0351. The number of carbonyl (C=O) groups is 2. The van der Waals surface area contributed by atoms with Gasteiger partial charge in [0.1, 0.15) is 66.2 Å². The number of benzene rings is 2. The molecule has 0 amide bonds. The summed E-state index contributed by atoms with van der Waals surface area (Å²) in [6.07, 6.45) is -8.80. The molecule has 1 aliphatic rings. The number of carboxylic acid groups (broad SMARTS) is 1. The number of aromatic hydroxyl groups is 3. The molecule has 0 aliphatic carbocycles. The van der Waals surface area contributed by atoms with Crippen LogP contribution in [0, 0.1) is 0 Å². The Morgan fingerprint density at radius 2 is 1.61 bits per heavy atom. The van der Waals surface area contributed by atoms with Gasteiger partial charge >= 0.3 is 23.3 Å². The van der Waals surface area contributed by atoms with Gasteiger partial charge in [0.2, 0.25) is 0 Å². The predicted molar refractivity (Wildman–Crippen MR) is 120 cm³/mol. The molecule has 0 saturated carbocycles. The molecule has 12 heteroatoms. The molecule has 1 aromatic heterocycles. The van der Waals surface area contributed by atoms with Crippen LogP contribution in [0.1, 0.15) is 18.1 Å². The lowest BCUT2D eigenvalue weighted by atomic mass is 9.89. The number of aliphatic hydroxyl groups is 3. The van der Waals surface area contributed by atoms with Gasteiger partial charge in [0.25, 0.3) is 0 Å². The van der Waals surface area contributed by atoms with Gasteiger partial charge in [-0.1, -0.05) is 0 Å². The Morgan fingerprint density at radius 1 is 0.917 bits per heavy atom. The Labute approximate surface area is 202 Å². The second-order valence-corrected chi connectivity index (χ2v) is 8.27. The summed E-state index contributed by atoms with van der Waals surface area (Å²) in [4.78, 5) is 22.3. The number of carbonyl (C=O) groups excluding carboxylic acids is 1. The zero-order valence-electron chi connectivity index (χ0n) is 18.5. The average molecular weight is 503 g/mol. The molecule has 12 nitrogen and oxygen atoms in total. The molecule has 1 saturated heterocycles. The summed E-state index contributed by atoms with van der Waals surface area (Å²) < 4.78 is 16.6. The molecule has 5 atom stereocenters. The Hall–Kier alpha value is -3.97. The number of fused-ring (bicyclic) bond motifs is 1. The molecule has 2 aromatic carbocycles. The van der Waals surface area contributed by atoms with E-state index >= 15 is 0 Å². The van der Waals surface area contributed by atoms with E-state index < -0.39 is 55.5 Å². The van der Waals surface area contributed by atoms with Gasteiger partial charge in [-0.3, -0.25) is 9.59 Å². The number of rotatable bonds is 6. The van der Waals surface area contributed by atoms with E-state index in [2.05, 4.69) is 0 Å². The molecule has 4 rings (SSSR count). The lowest BCUT2D eigenvalue weighted by molar-refractivity contribution is -0.234. The van der Waals surface area contributed by atoms with Crippen LogP contribution < -0.4 is 0 Å². The first-order chi connectivity index (χ1) is 17.0. The first kappa shape index (κ1) is 25.1. The first-order valence-electron chi connectivity index (χ1n) is 10.7. The number of carboxylic acids is 1. The van der Waals surface area contributed by atoms with Crippen LogP contribution in [0.15, 0.2) is 46.9 Å². The van der Waals surface area contributed by atoms with Crippen LogP contribution in [-0.4, -0.2) is 78.7 Å². The Kier molecular flexibility index (Phi) is 6.95. The molecule has 36 heavy (non-hydrogen) atoms. The molecule has 7 N–H and O–H groups in total. The van der Waals surface area contributed by atoms with Gasteiger partial charge < -0.3 is 45.2 Å². The maximum atomic E-state index is 11.6. The smallest absolute Gasteiger partial charge is 0.368 e. The largest absolute Gasteiger partial charge is 0.508 e. The van der Waals surface area contributed by atoms with Crippen molar-refractivity contribution in [1.82, 2.24) is 0 Å². The summed E-state index contributed by atoms with van der Waals surface area (Å²) in [6, 6.07) is 9.48. The lowest BCUT2D eigenvalue weighted by Crippen LogP contribution is -2.55. The third kappa shape index (κ3) is 5.02. The van der Waals surface area contributed by atoms with Gasteiger partial charge in [0, 0.05) is 6.07 Å². The molecule has 1 fully saturated rings. The number of aliphatic carboxylic acids is 1. The van der Waals surface area contributed by atoms with Crippen molar-refractivity contribution in [2.45, 2.75) is 36.9 Å². The molecule has 0 bridgehead atoms. The fourth-order valence-corrected chi connectivity index (χ4v) is 3.96. The molecule has 2 heterocycles. The Balaban J connectivity index is 1.78. The molecular formula is C24H23O12+. The summed E-state index contributed by atoms with van der Waals surface area (Å²) >= 11 is 0. The van der Waals surface area contributed by atoms with Gasteiger partial charge in [-0.2, -0.15) is 0 Å². The minimum atomic E-state index is -1.76. The second-order valence-electron chi connectivity index (χ2n) is 8.27. The predicted octanol–water partition coefficient (Wildman–Crippen LogP) is 1.04. The summed E-state index contributed by atoms with van der Waals surface area (Å²) in [5.41, 5.74) is 0.590. The molecule has 0 unspecified atom stereocenters. The molecule has 0 spiro atoms. The van der Waals surface area contributed by atoms with E-state index in [9.17, 15) is 40.2 Å². The van der Waals surface area contributed by atoms with Crippen LogP contribution in [0.5, 0.6) is 17.2 Å². The number of hydrogen-bond donors (Lipinski definition) is 7. The van der Waals surface area contributed by atoms with Crippen molar-refractivity contribution in [3.8, 4) is 28.6 Å². The van der Waals surface area contributed by atoms with E-state index in [1.807, 2.05) is 0 Å². The number of aliphatic hydroxyl groups excluding tert-OH is 3. The summed E-state index contributed by atoms with van der Waals surface area (Å²) in [7, 11) is 0. The number of phenolic OH excluding ortho intramolecular Hbond substituents is 3. The monoisotopic (exact) mass is 503 g/mol. The first-order valence-corrected chi connectivity index (χ1v) is 10.7. The van der Waals surface area contributed by atoms with Crippen molar-refractivity contribution in [2.24, 2.45) is 0 Å². The average Bonchev–Trinajstić information content (AvgIpc) is 2.81. The van der Waals surface area contributed by atoms with Gasteiger partial charge in [-0.25, -0.2) is 4.42 Å². The number of hydrogen-bond acceptors (Lipinski definition) is 10. The Morgan fingerprint density at radius 3 is 2.28 bits per heavy atom. The van der Waals surface area contributed by atoms with Crippen LogP contribution in [0.4, 0.5) is 0 Å². The molecular weight excluding hydrogens is 480 g/mol. The van der Waals surface area contributed by atoms with E-state index in [1.165, 1.54) is 36.4 Å². The third-order valence-corrected chi connectivity index (χ3v) is 5.73. The van der Waals surface area contributed by atoms with Crippen molar-refractivity contribution < 1.29 is 59.2 Å². The number of phenols is 3. The molecule has 1 aliphatic heterocycles. The third-order valence-electron chi connectivity index (χ3n) is 5.73. The maximum absolute atomic E-state index is 11.6. The highest BCUT2D eigenvalue weighted by atomic mass is 16.6. The van der Waals surface area contributed by atoms with Gasteiger partial charge in [0.05, 0.1) is 17.2 Å². The van der Waals surface area contributed by atoms with Gasteiger partial charge in [-0.05, 0) is 30.3 Å². The van der Waals surface area contributed by atoms with Crippen molar-refractivity contribution in [3.63, 3.8) is 0 Å². The van der Waals surface area contributed by atoms with E-state index in [1.54, 1.807) is 0 Å². The standard InChI is InChI=1S/C24H22O12/c25-11-3-1-10(2-4-11)23-14(7-13-15(27)5-12(26)6-16(13)35-23)24-22(33)21(32)20(31)17(36-24)9-34-19(30)8-18(28)29/h1-7,17,20-22,24,31-33H,8-9H2,(H3-,25,26,27,28,29)/p+1/t17-,20-,21+,22-,24+/m1/s1. The Bertz CT molecular complexity index is 1290. The molecule has 3 aromatic rings. The van der Waals surface area contributed by atoms with Crippen molar-refractivity contribution in [2.75, 3.05) is 6.61 Å². The minimum Gasteiger partial charge on any atom is -0.508 e. The van der Waals surface area contributed by atoms with Gasteiger partial charge in [-0.15, -0.1) is 0 Å². The van der Waals surface area contributed by atoms with E-state index in [-0.39, 0.29) is 39.5 Å². The quantitative estimate of drug-likeness (QED) is 0.143. The summed E-state index contributed by atoms with van der Waals surface area (Å²) in [5, 5.41) is 70.4. The highest BCUT2D eigenvalue weighted by molar-refractivity contribution is 5.90. The van der Waals surface area contributed by atoms with Crippen LogP contribution in [0.3, 0.4) is 0 Å². The number of esters is 1. The van der Waals surface area contributed by atoms with Crippen molar-refractivity contribution in [3.05, 3.63) is 48.0 Å². The van der Waals surface area contributed by atoms with Crippen molar-refractivity contribution >= 4 is 22.9 Å². The van der Waals surface area contributed by atoms with Crippen molar-refractivity contribution in [1.29, 1.82) is 0 Å². The molecule has 0 radical (unpaired) electrons. The van der Waals surface area contributed by atoms with Crippen LogP contribution in [0.2, 0.25) is 0 Å². The lowest BCUT2D eigenvalue weighted by Gasteiger charge is -2.40. The fraction of sp³-hybridized carbons (Fsp3) is 0.292. The highest BCUT2D eigenvalue weighted by Gasteiger charge is 2.47. The van der Waals surface area contributed by atoms with Crippen LogP contribution >= 0.6 is 0 Å². The summed E-state index contributed by atoms with van der Waals surface area (Å²) in [6.45, 7) is -0.619. The second kappa shape index (κ2) is 9.95. The highest BCUT2D eigenvalue weighted by Crippen LogP contribution is 2.42. The summed E-state index contributed by atoms with van der Waals surface area (Å²) in [5.74, 6) is -3.08. The van der Waals surface area contributed by atoms with E-state index in [0.717, 1.165) is 6.07 Å². The SMILES string of the molecule is O=C(O)CC(=O)OC[C@H]1O[C@@H](c2cc3c(O)cc(O)cc3[o+]c2-c2ccc(O)cc2)[C@H](O)[C@@H](O)[C@@H]1O. The zero-order valence-corrected chi connectivity index (χ0v) is 18.5. The normalized spacial score (nSPS) is 23.9. The van der Waals surface area contributed by atoms with E-state index in [0.29, 0.717) is 5.56 Å². The maximum Gasteiger partial charge on any atom is 0.368 e. The number of ether oxygens (including phenoxy) is 2. The van der Waals surface area contributed by atoms with E-state index in [4.69, 9.17) is 19.0 Å². The van der Waals surface area contributed by atoms with Crippen LogP contribution in [0.25, 0.3) is 22.3 Å². The van der Waals surface area contributed by atoms with Crippen LogP contribution in [-0.2, 0) is 19.1 Å². The molecule has 190 valence electrons.